The number of rotatable bonds is 6. The van der Waals surface area contributed by atoms with Crippen molar-refractivity contribution in [2.24, 2.45) is 0 Å². The Morgan fingerprint density at radius 2 is 1.26 bits per heavy atom. The van der Waals surface area contributed by atoms with Crippen LogP contribution in [0.4, 0.5) is 28.4 Å². The third kappa shape index (κ3) is 5.45. The lowest BCUT2D eigenvalue weighted by Gasteiger charge is -2.28. The molecule has 0 unspecified atom stereocenters. The Morgan fingerprint density at radius 1 is 0.586 bits per heavy atom. The van der Waals surface area contributed by atoms with Gasteiger partial charge in [0.1, 0.15) is 11.2 Å². The van der Waals surface area contributed by atoms with E-state index in [0.29, 0.717) is 0 Å². The second-order valence-electron chi connectivity index (χ2n) is 16.6. The molecular formula is C53H41BN3O. The fourth-order valence-electron chi connectivity index (χ4n) is 9.06. The monoisotopic (exact) mass is 746 g/mol. The number of furan rings is 1. The van der Waals surface area contributed by atoms with Crippen LogP contribution in [0.15, 0.2) is 174 Å². The summed E-state index contributed by atoms with van der Waals surface area (Å²) in [5, 5.41) is 8.68. The molecule has 58 heavy (non-hydrogen) atoms. The molecule has 0 atom stereocenters. The Bertz CT molecular complexity index is 3170. The van der Waals surface area contributed by atoms with Crippen LogP contribution in [-0.2, 0) is 5.41 Å². The normalized spacial score (nSPS) is 12.3. The summed E-state index contributed by atoms with van der Waals surface area (Å²) in [6.45, 7) is 9.04. The summed E-state index contributed by atoms with van der Waals surface area (Å²) in [6, 6.07) is 61.2. The molecule has 3 heterocycles. The molecular weight excluding hydrogens is 705 g/mol. The third-order valence-electron chi connectivity index (χ3n) is 11.9. The van der Waals surface area contributed by atoms with Crippen molar-refractivity contribution in [3.05, 3.63) is 181 Å². The van der Waals surface area contributed by atoms with Crippen molar-refractivity contribution >= 4 is 90.4 Å². The van der Waals surface area contributed by atoms with Crippen LogP contribution in [0.2, 0.25) is 0 Å². The third-order valence-corrected chi connectivity index (χ3v) is 11.9. The highest BCUT2D eigenvalue weighted by molar-refractivity contribution is 6.73. The van der Waals surface area contributed by atoms with Gasteiger partial charge in [0.25, 0.3) is 0 Å². The average molecular weight is 747 g/mol. The van der Waals surface area contributed by atoms with E-state index in [4.69, 9.17) is 4.42 Å². The number of fused-ring (bicyclic) bond motifs is 8. The zero-order valence-corrected chi connectivity index (χ0v) is 33.0. The van der Waals surface area contributed by atoms with Crippen LogP contribution >= 0.6 is 0 Å². The van der Waals surface area contributed by atoms with Crippen LogP contribution in [0.25, 0.3) is 60.6 Å². The van der Waals surface area contributed by atoms with Gasteiger partial charge in [-0.3, -0.25) is 0 Å². The van der Waals surface area contributed by atoms with E-state index in [2.05, 4.69) is 214 Å². The second kappa shape index (κ2) is 13.0. The number of nitrogens with zero attached hydrogens (tertiary/aromatic N) is 2. The summed E-state index contributed by atoms with van der Waals surface area (Å²) in [5.41, 5.74) is 18.0. The summed E-state index contributed by atoms with van der Waals surface area (Å²) >= 11 is 0. The lowest BCUT2D eigenvalue weighted by atomic mass is 9.58. The lowest BCUT2D eigenvalue weighted by Crippen LogP contribution is -2.37. The summed E-state index contributed by atoms with van der Waals surface area (Å²) in [6.07, 6.45) is 0. The van der Waals surface area contributed by atoms with Crippen molar-refractivity contribution in [2.45, 2.75) is 33.1 Å². The predicted octanol–water partition coefficient (Wildman–Crippen LogP) is 13.1. The molecule has 0 fully saturated rings. The van der Waals surface area contributed by atoms with Gasteiger partial charge in [-0.05, 0) is 113 Å². The average Bonchev–Trinajstić information content (AvgIpc) is 3.79. The molecule has 1 N–H and O–H groups in total. The molecule has 1 aliphatic rings. The van der Waals surface area contributed by atoms with Gasteiger partial charge in [-0.2, -0.15) is 0 Å². The Labute approximate surface area is 339 Å². The van der Waals surface area contributed by atoms with Crippen molar-refractivity contribution in [1.29, 1.82) is 0 Å². The largest absolute Gasteiger partial charge is 0.456 e. The van der Waals surface area contributed by atoms with Gasteiger partial charge < -0.3 is 19.2 Å². The van der Waals surface area contributed by atoms with E-state index in [0.717, 1.165) is 61.4 Å². The molecule has 8 aromatic carbocycles. The number of benzene rings is 8. The second-order valence-corrected chi connectivity index (χ2v) is 16.6. The number of aryl methyl sites for hydroxylation is 1. The Balaban J connectivity index is 1.18. The first-order chi connectivity index (χ1) is 28.3. The molecule has 10 aromatic rings. The molecule has 277 valence electrons. The minimum Gasteiger partial charge on any atom is -0.456 e. The van der Waals surface area contributed by atoms with Gasteiger partial charge in [-0.1, -0.05) is 117 Å². The molecule has 0 spiro atoms. The highest BCUT2D eigenvalue weighted by atomic mass is 16.3. The quantitative estimate of drug-likeness (QED) is 0.172. The molecule has 4 nitrogen and oxygen atoms in total. The first kappa shape index (κ1) is 34.3. The first-order valence-corrected chi connectivity index (χ1v) is 20.1. The molecule has 0 bridgehead atoms. The molecule has 0 amide bonds. The molecule has 11 rings (SSSR count). The predicted molar refractivity (Wildman–Crippen MR) is 246 cm³/mol. The zero-order chi connectivity index (χ0) is 39.1. The minimum absolute atomic E-state index is 0.0673. The van der Waals surface area contributed by atoms with Crippen molar-refractivity contribution in [3.8, 4) is 16.8 Å². The molecule has 0 saturated heterocycles. The summed E-state index contributed by atoms with van der Waals surface area (Å²) in [4.78, 5) is 2.34. The summed E-state index contributed by atoms with van der Waals surface area (Å²) in [5.74, 6) is 0. The van der Waals surface area contributed by atoms with Gasteiger partial charge in [0.2, 0.25) is 0 Å². The van der Waals surface area contributed by atoms with Crippen molar-refractivity contribution in [3.63, 3.8) is 0 Å². The minimum atomic E-state index is 0.0673. The van der Waals surface area contributed by atoms with Crippen LogP contribution in [0.1, 0.15) is 31.9 Å². The first-order valence-electron chi connectivity index (χ1n) is 20.1. The number of anilines is 5. The molecule has 5 heteroatoms. The van der Waals surface area contributed by atoms with E-state index < -0.39 is 0 Å². The van der Waals surface area contributed by atoms with Gasteiger partial charge in [0, 0.05) is 66.7 Å². The number of hydrogen-bond acceptors (Lipinski definition) is 3. The topological polar surface area (TPSA) is 33.3 Å². The van der Waals surface area contributed by atoms with E-state index in [1.807, 2.05) is 6.07 Å². The van der Waals surface area contributed by atoms with Crippen LogP contribution < -0.4 is 21.1 Å². The van der Waals surface area contributed by atoms with Crippen molar-refractivity contribution in [1.82, 2.24) is 4.57 Å². The SMILES string of the molecule is Cc1cc(-c2cc(N(c3ccccc3)c3ccccc3)ccc2Nc2ccc(C(C)(C)C)cc2)c2c3c1c1ccccc1n3-c1cc3c(cc1[B]2)oc1ccccc13. The van der Waals surface area contributed by atoms with Gasteiger partial charge in [-0.25, -0.2) is 0 Å². The molecule has 0 saturated carbocycles. The lowest BCUT2D eigenvalue weighted by molar-refractivity contribution is 0.590. The summed E-state index contributed by atoms with van der Waals surface area (Å²) in [7, 11) is 2.39. The Kier molecular flexibility index (Phi) is 7.71. The van der Waals surface area contributed by atoms with Crippen LogP contribution in [-0.4, -0.2) is 11.8 Å². The van der Waals surface area contributed by atoms with Crippen molar-refractivity contribution < 1.29 is 4.42 Å². The number of para-hydroxylation sites is 4. The molecule has 1 radical (unpaired) electrons. The maximum atomic E-state index is 6.48. The van der Waals surface area contributed by atoms with Crippen molar-refractivity contribution in [2.75, 3.05) is 10.2 Å². The molecule has 2 aromatic heterocycles. The number of aromatic nitrogens is 1. The maximum Gasteiger partial charge on any atom is 0.198 e. The highest BCUT2D eigenvalue weighted by Crippen LogP contribution is 2.43. The number of hydrogen-bond donors (Lipinski definition) is 1. The van der Waals surface area contributed by atoms with E-state index >= 15 is 0 Å². The molecule has 1 aliphatic heterocycles. The fourth-order valence-corrected chi connectivity index (χ4v) is 9.06. The van der Waals surface area contributed by atoms with Crippen LogP contribution in [0.3, 0.4) is 0 Å². The highest BCUT2D eigenvalue weighted by Gasteiger charge is 2.29. The van der Waals surface area contributed by atoms with Crippen LogP contribution in [0.5, 0.6) is 0 Å². The standard InChI is InChI=1S/C53H41BN3O/c1-33-29-43(51-52-50(33)40-20-11-13-21-46(40)57(52)47-31-42-39-19-12-14-22-48(39)58-49(42)32-44(47)54-51)41-30-38(56(36-15-7-5-8-16-36)37-17-9-6-10-18-37)27-28-45(41)55-35-25-23-34(24-26-35)53(2,3)4/h5-32,55H,1-4H3. The van der Waals surface area contributed by atoms with E-state index in [1.165, 1.54) is 49.6 Å². The Hall–Kier alpha value is -6.98. The van der Waals surface area contributed by atoms with E-state index in [1.54, 1.807) is 0 Å². The molecule has 0 aliphatic carbocycles. The van der Waals surface area contributed by atoms with E-state index in [-0.39, 0.29) is 5.41 Å². The van der Waals surface area contributed by atoms with Gasteiger partial charge in [-0.15, -0.1) is 0 Å². The van der Waals surface area contributed by atoms with Gasteiger partial charge in [0.05, 0.1) is 5.52 Å². The fraction of sp³-hybridized carbons (Fsp3) is 0.0943. The Morgan fingerprint density at radius 3 is 1.98 bits per heavy atom. The smallest absolute Gasteiger partial charge is 0.198 e. The van der Waals surface area contributed by atoms with E-state index in [9.17, 15) is 0 Å². The van der Waals surface area contributed by atoms with Crippen LogP contribution in [0, 0.1) is 6.92 Å². The van der Waals surface area contributed by atoms with Gasteiger partial charge >= 0.3 is 0 Å². The maximum absolute atomic E-state index is 6.48. The number of nitrogens with one attached hydrogen (secondary N) is 1. The van der Waals surface area contributed by atoms with Gasteiger partial charge in [0.15, 0.2) is 7.28 Å². The summed E-state index contributed by atoms with van der Waals surface area (Å²) < 4.78 is 8.97. The zero-order valence-electron chi connectivity index (χ0n) is 33.0.